The van der Waals surface area contributed by atoms with E-state index in [0.29, 0.717) is 30.0 Å². The lowest BCUT2D eigenvalue weighted by Gasteiger charge is -2.35. The number of nitrogens with zero attached hydrogens (tertiary/aromatic N) is 7. The van der Waals surface area contributed by atoms with Gasteiger partial charge in [0.15, 0.2) is 0 Å². The molecule has 3 aromatic carbocycles. The largest absolute Gasteiger partial charge is 0.391 e. The van der Waals surface area contributed by atoms with Gasteiger partial charge in [0.2, 0.25) is 29.6 Å². The van der Waals surface area contributed by atoms with E-state index in [1.165, 1.54) is 37.0 Å². The van der Waals surface area contributed by atoms with Gasteiger partial charge >= 0.3 is 0 Å². The number of nitrogens with one attached hydrogen (secondary N) is 4. The third-order valence-corrected chi connectivity index (χ3v) is 16.9. The molecule has 5 amide bonds. The second-order valence-electron chi connectivity index (χ2n) is 23.7. The highest BCUT2D eigenvalue weighted by Crippen LogP contribution is 2.30. The van der Waals surface area contributed by atoms with Gasteiger partial charge in [0.25, 0.3) is 5.91 Å². The Morgan fingerprint density at radius 1 is 0.738 bits per heavy atom. The number of likely N-dealkylation sites (tertiary alicyclic amines) is 1. The van der Waals surface area contributed by atoms with Crippen molar-refractivity contribution in [3.63, 3.8) is 0 Å². The third kappa shape index (κ3) is 18.5. The number of pyridine rings is 1. The minimum Gasteiger partial charge on any atom is -0.391 e. The molecular formula is C66H85N11O6S. The number of carbonyl (C=O) groups is 5. The van der Waals surface area contributed by atoms with E-state index in [1.807, 2.05) is 130 Å². The first-order valence-corrected chi connectivity index (χ1v) is 31.0. The molecule has 446 valence electrons. The van der Waals surface area contributed by atoms with Crippen LogP contribution in [0.3, 0.4) is 0 Å². The number of anilines is 3. The monoisotopic (exact) mass is 1160 g/mol. The maximum atomic E-state index is 14.0. The number of aliphatic hydroxyl groups is 1. The molecule has 0 radical (unpaired) electrons. The standard InChI is InChI=1S/C66H85N11O6S/c1-46-22-31-53(39-56(46)73-65-68-34-32-55(72-65)52-19-18-33-67-42-52)71-62(81)51-29-25-49(26-30-51)43-75-35-37-76(38-36-75)59(80)21-17-15-13-11-9-7-6-8-10-12-14-16-20-58(79)74-61(66(3,4)5)64(83)77-44-54(78)40-57(77)63(82)69-41-48-23-27-50(28-24-48)60-47(2)70-45-84-60/h18-19,22-34,39,42,45,54,57,61,78H,6-17,20-21,35-38,40-41,43-44H2,1-5H3,(H,69,82)(H,71,81)(H,74,79)(H,68,72,73). The van der Waals surface area contributed by atoms with E-state index >= 15 is 0 Å². The van der Waals surface area contributed by atoms with E-state index in [9.17, 15) is 29.1 Å². The Morgan fingerprint density at radius 2 is 1.40 bits per heavy atom. The van der Waals surface area contributed by atoms with Gasteiger partial charge in [-0.25, -0.2) is 15.0 Å². The van der Waals surface area contributed by atoms with Gasteiger partial charge in [-0.1, -0.05) is 127 Å². The van der Waals surface area contributed by atoms with E-state index in [1.54, 1.807) is 29.9 Å². The maximum absolute atomic E-state index is 14.0. The molecule has 2 saturated heterocycles. The molecule has 0 saturated carbocycles. The molecule has 2 aliphatic heterocycles. The number of aromatic nitrogens is 4. The molecule has 2 fully saturated rings. The molecule has 5 heterocycles. The number of unbranched alkanes of at least 4 members (excludes halogenated alkanes) is 11. The lowest BCUT2D eigenvalue weighted by atomic mass is 9.85. The van der Waals surface area contributed by atoms with Crippen LogP contribution in [0.2, 0.25) is 0 Å². The van der Waals surface area contributed by atoms with Crippen LogP contribution in [-0.4, -0.2) is 120 Å². The zero-order chi connectivity index (χ0) is 59.4. The van der Waals surface area contributed by atoms with Crippen LogP contribution in [-0.2, 0) is 32.3 Å². The van der Waals surface area contributed by atoms with Crippen molar-refractivity contribution < 1.29 is 29.1 Å². The highest BCUT2D eigenvalue weighted by Gasteiger charge is 2.44. The fourth-order valence-electron chi connectivity index (χ4n) is 10.9. The summed E-state index contributed by atoms with van der Waals surface area (Å²) >= 11 is 1.59. The lowest BCUT2D eigenvalue weighted by molar-refractivity contribution is -0.144. The van der Waals surface area contributed by atoms with Gasteiger partial charge in [-0.15, -0.1) is 11.3 Å². The van der Waals surface area contributed by atoms with Crippen LogP contribution in [0, 0.1) is 19.3 Å². The fraction of sp³-hybridized carbons (Fsp3) is 0.470. The molecule has 0 bridgehead atoms. The minimum atomic E-state index is -0.837. The van der Waals surface area contributed by atoms with E-state index in [0.717, 1.165) is 127 Å². The molecule has 6 aromatic rings. The number of benzene rings is 3. The number of hydrogen-bond donors (Lipinski definition) is 5. The average molecular weight is 1160 g/mol. The summed E-state index contributed by atoms with van der Waals surface area (Å²) in [7, 11) is 0. The van der Waals surface area contributed by atoms with Crippen LogP contribution in [0.25, 0.3) is 21.7 Å². The number of piperazine rings is 1. The van der Waals surface area contributed by atoms with Crippen molar-refractivity contribution >= 4 is 58.2 Å². The summed E-state index contributed by atoms with van der Waals surface area (Å²) in [5.74, 6) is -0.344. The number of hydrogen-bond acceptors (Lipinski definition) is 13. The predicted molar refractivity (Wildman–Crippen MR) is 332 cm³/mol. The summed E-state index contributed by atoms with van der Waals surface area (Å²) in [5, 5.41) is 22.9. The molecule has 17 nitrogen and oxygen atoms in total. The van der Waals surface area contributed by atoms with Gasteiger partial charge in [0, 0.05) is 106 Å². The van der Waals surface area contributed by atoms with Gasteiger partial charge in [0.05, 0.1) is 27.9 Å². The van der Waals surface area contributed by atoms with Crippen molar-refractivity contribution in [1.29, 1.82) is 0 Å². The first kappa shape index (κ1) is 62.6. The van der Waals surface area contributed by atoms with Crippen molar-refractivity contribution in [3.05, 3.63) is 137 Å². The number of β-amino-alcohol motifs (C(OH)–C–C–N with tert-alkyl or cyclic N) is 1. The number of aryl methyl sites for hydroxylation is 2. The van der Waals surface area contributed by atoms with E-state index in [-0.39, 0.29) is 49.0 Å². The zero-order valence-corrected chi connectivity index (χ0v) is 50.5. The average Bonchev–Trinajstić information content (AvgIpc) is 3.96. The van der Waals surface area contributed by atoms with Crippen LogP contribution < -0.4 is 21.3 Å². The molecule has 3 aromatic heterocycles. The van der Waals surface area contributed by atoms with Gasteiger partial charge in [-0.05, 0) is 96.8 Å². The fourth-order valence-corrected chi connectivity index (χ4v) is 11.7. The Kier molecular flexibility index (Phi) is 23.1. The molecular weight excluding hydrogens is 1070 g/mol. The highest BCUT2D eigenvalue weighted by atomic mass is 32.1. The van der Waals surface area contributed by atoms with Crippen LogP contribution >= 0.6 is 11.3 Å². The smallest absolute Gasteiger partial charge is 0.255 e. The molecule has 3 atom stereocenters. The van der Waals surface area contributed by atoms with Gasteiger partial charge in [0.1, 0.15) is 12.1 Å². The van der Waals surface area contributed by atoms with Crippen molar-refractivity contribution in [2.75, 3.05) is 43.4 Å². The molecule has 0 spiro atoms. The van der Waals surface area contributed by atoms with Crippen LogP contribution in [0.1, 0.15) is 150 Å². The lowest BCUT2D eigenvalue weighted by Crippen LogP contribution is -2.57. The molecule has 3 unspecified atom stereocenters. The Morgan fingerprint density at radius 3 is 2.05 bits per heavy atom. The summed E-state index contributed by atoms with van der Waals surface area (Å²) in [6.07, 6.45) is 18.5. The number of aliphatic hydroxyl groups excluding tert-OH is 1. The van der Waals surface area contributed by atoms with Crippen molar-refractivity contribution in [3.8, 4) is 21.7 Å². The summed E-state index contributed by atoms with van der Waals surface area (Å²) in [4.78, 5) is 91.6. The molecule has 8 rings (SSSR count). The molecule has 0 aliphatic carbocycles. The van der Waals surface area contributed by atoms with Gasteiger partial charge in [-0.2, -0.15) is 0 Å². The number of amides is 5. The summed E-state index contributed by atoms with van der Waals surface area (Å²) in [6, 6.07) is 25.4. The Balaban J connectivity index is 0.627. The maximum Gasteiger partial charge on any atom is 0.255 e. The molecule has 84 heavy (non-hydrogen) atoms. The second-order valence-corrected chi connectivity index (χ2v) is 24.5. The first-order valence-electron chi connectivity index (χ1n) is 30.1. The number of rotatable bonds is 28. The number of carbonyl (C=O) groups excluding carboxylic acids is 5. The first-order chi connectivity index (χ1) is 40.6. The summed E-state index contributed by atoms with van der Waals surface area (Å²) in [5.41, 5.74) is 9.96. The second kappa shape index (κ2) is 30.9. The molecule has 5 N–H and O–H groups in total. The van der Waals surface area contributed by atoms with E-state index in [2.05, 4.69) is 46.1 Å². The van der Waals surface area contributed by atoms with Crippen LogP contribution in [0.15, 0.2) is 109 Å². The van der Waals surface area contributed by atoms with Crippen LogP contribution in [0.5, 0.6) is 0 Å². The van der Waals surface area contributed by atoms with Crippen molar-refractivity contribution in [2.45, 2.75) is 162 Å². The van der Waals surface area contributed by atoms with Gasteiger partial charge < -0.3 is 36.2 Å². The van der Waals surface area contributed by atoms with E-state index < -0.39 is 23.6 Å². The Labute approximate surface area is 499 Å². The van der Waals surface area contributed by atoms with E-state index in [4.69, 9.17) is 0 Å². The molecule has 18 heteroatoms. The predicted octanol–water partition coefficient (Wildman–Crippen LogP) is 11.2. The Bertz CT molecular complexity index is 3100. The number of thiazole rings is 1. The highest BCUT2D eigenvalue weighted by molar-refractivity contribution is 7.13. The van der Waals surface area contributed by atoms with Gasteiger partial charge in [-0.3, -0.25) is 33.9 Å². The van der Waals surface area contributed by atoms with Crippen molar-refractivity contribution in [1.82, 2.24) is 45.3 Å². The molecule has 2 aliphatic rings. The Hall–Kier alpha value is -7.41. The zero-order valence-electron chi connectivity index (χ0n) is 49.7. The summed E-state index contributed by atoms with van der Waals surface area (Å²) in [6.45, 7) is 13.9. The summed E-state index contributed by atoms with van der Waals surface area (Å²) < 4.78 is 0. The van der Waals surface area contributed by atoms with Crippen molar-refractivity contribution in [2.24, 2.45) is 5.41 Å². The topological polar surface area (TPSA) is 215 Å². The minimum absolute atomic E-state index is 0.0408. The van der Waals surface area contributed by atoms with Crippen LogP contribution in [0.4, 0.5) is 17.3 Å². The third-order valence-electron chi connectivity index (χ3n) is 16.0. The SMILES string of the molecule is Cc1ccc(NC(=O)c2ccc(CN3CCN(C(=O)CCCCCCCCCCCCCCC(=O)NC(C(=O)N4CC(O)CC4C(=O)NCc4ccc(-c5scnc5C)cc4)C(C)(C)C)CC3)cc2)cc1Nc1nccc(-c2cccnc2)n1. The normalized spacial score (nSPS) is 15.8. The quantitative estimate of drug-likeness (QED) is 0.0290.